The number of rotatable bonds is 4. The zero-order chi connectivity index (χ0) is 13.1. The van der Waals surface area contributed by atoms with Crippen molar-refractivity contribution >= 4 is 41.5 Å². The van der Waals surface area contributed by atoms with Gasteiger partial charge in [0.2, 0.25) is 0 Å². The number of carbonyl (C=O) groups excluding carboxylic acids is 1. The highest BCUT2D eigenvalue weighted by atomic mass is 35.5. The number of amides is 1. The van der Waals surface area contributed by atoms with Crippen LogP contribution in [0.2, 0.25) is 10.0 Å². The Morgan fingerprint density at radius 2 is 1.83 bits per heavy atom. The molecule has 1 aromatic rings. The first-order chi connectivity index (χ1) is 7.87. The minimum atomic E-state index is -3.15. The third kappa shape index (κ3) is 4.57. The number of hydrogen-bond donors (Lipinski definition) is 2. The number of benzene rings is 1. The van der Waals surface area contributed by atoms with E-state index in [4.69, 9.17) is 28.9 Å². The van der Waals surface area contributed by atoms with Gasteiger partial charge in [-0.25, -0.2) is 8.78 Å². The zero-order valence-corrected chi connectivity index (χ0v) is 11.4. The SMILES string of the molecule is Cl.NCC(F)(F)CNC(=O)c1c(Cl)cccc1Cl. The molecule has 0 saturated carbocycles. The van der Waals surface area contributed by atoms with Crippen molar-refractivity contribution in [2.45, 2.75) is 5.92 Å². The minimum absolute atomic E-state index is 0. The lowest BCUT2D eigenvalue weighted by molar-refractivity contribution is 0.0118. The molecule has 0 fully saturated rings. The van der Waals surface area contributed by atoms with Crippen LogP contribution in [0.15, 0.2) is 18.2 Å². The first kappa shape index (κ1) is 17.4. The Kier molecular flexibility index (Phi) is 6.84. The van der Waals surface area contributed by atoms with Crippen molar-refractivity contribution in [1.29, 1.82) is 0 Å². The van der Waals surface area contributed by atoms with E-state index >= 15 is 0 Å². The second-order valence-corrected chi connectivity index (χ2v) is 4.15. The second-order valence-electron chi connectivity index (χ2n) is 3.34. The molecular weight excluding hydrogens is 308 g/mol. The molecule has 0 atom stereocenters. The summed E-state index contributed by atoms with van der Waals surface area (Å²) in [7, 11) is 0. The Morgan fingerprint density at radius 1 is 1.33 bits per heavy atom. The molecule has 0 aromatic heterocycles. The van der Waals surface area contributed by atoms with E-state index in [1.54, 1.807) is 6.07 Å². The molecule has 0 spiro atoms. The number of nitrogens with one attached hydrogen (secondary N) is 1. The molecule has 1 amide bonds. The summed E-state index contributed by atoms with van der Waals surface area (Å²) in [5.41, 5.74) is 4.81. The Hall–Kier alpha value is -0.620. The fourth-order valence-corrected chi connectivity index (χ4v) is 1.65. The van der Waals surface area contributed by atoms with Gasteiger partial charge in [0, 0.05) is 0 Å². The third-order valence-corrected chi connectivity index (χ3v) is 2.63. The minimum Gasteiger partial charge on any atom is -0.346 e. The monoisotopic (exact) mass is 318 g/mol. The molecule has 8 heteroatoms. The van der Waals surface area contributed by atoms with Crippen molar-refractivity contribution in [2.75, 3.05) is 13.1 Å². The molecule has 102 valence electrons. The van der Waals surface area contributed by atoms with Gasteiger partial charge in [-0.2, -0.15) is 0 Å². The lowest BCUT2D eigenvalue weighted by Crippen LogP contribution is -2.41. The lowest BCUT2D eigenvalue weighted by Gasteiger charge is -2.15. The summed E-state index contributed by atoms with van der Waals surface area (Å²) in [6.45, 7) is -1.70. The highest BCUT2D eigenvalue weighted by Crippen LogP contribution is 2.24. The number of alkyl halides is 2. The van der Waals surface area contributed by atoms with Crippen molar-refractivity contribution in [3.63, 3.8) is 0 Å². The number of nitrogens with two attached hydrogens (primary N) is 1. The third-order valence-electron chi connectivity index (χ3n) is 2.00. The van der Waals surface area contributed by atoms with E-state index in [2.05, 4.69) is 0 Å². The van der Waals surface area contributed by atoms with Crippen LogP contribution < -0.4 is 11.1 Å². The van der Waals surface area contributed by atoms with Gasteiger partial charge in [-0.1, -0.05) is 29.3 Å². The molecule has 3 nitrogen and oxygen atoms in total. The van der Waals surface area contributed by atoms with E-state index in [9.17, 15) is 13.6 Å². The van der Waals surface area contributed by atoms with E-state index in [-0.39, 0.29) is 28.0 Å². The smallest absolute Gasteiger partial charge is 0.277 e. The highest BCUT2D eigenvalue weighted by molar-refractivity contribution is 6.39. The van der Waals surface area contributed by atoms with Crippen LogP contribution in [0.25, 0.3) is 0 Å². The van der Waals surface area contributed by atoms with Crippen molar-refractivity contribution in [3.05, 3.63) is 33.8 Å². The summed E-state index contributed by atoms with van der Waals surface area (Å²) >= 11 is 11.5. The summed E-state index contributed by atoms with van der Waals surface area (Å²) < 4.78 is 25.6. The van der Waals surface area contributed by atoms with E-state index in [0.717, 1.165) is 0 Å². The summed E-state index contributed by atoms with van der Waals surface area (Å²) in [5.74, 6) is -3.91. The largest absolute Gasteiger partial charge is 0.346 e. The van der Waals surface area contributed by atoms with Gasteiger partial charge in [0.05, 0.1) is 28.7 Å². The summed E-state index contributed by atoms with van der Waals surface area (Å²) in [6.07, 6.45) is 0. The zero-order valence-electron chi connectivity index (χ0n) is 9.05. The van der Waals surface area contributed by atoms with Crippen LogP contribution in [-0.2, 0) is 0 Å². The predicted octanol–water partition coefficient (Wildman–Crippen LogP) is 2.74. The van der Waals surface area contributed by atoms with E-state index in [1.165, 1.54) is 12.1 Å². The van der Waals surface area contributed by atoms with Gasteiger partial charge in [-0.3, -0.25) is 4.79 Å². The van der Waals surface area contributed by atoms with Crippen molar-refractivity contribution in [3.8, 4) is 0 Å². The normalized spacial score (nSPS) is 10.7. The van der Waals surface area contributed by atoms with Crippen LogP contribution in [0.3, 0.4) is 0 Å². The molecule has 1 rings (SSSR count). The molecule has 1 aromatic carbocycles. The van der Waals surface area contributed by atoms with Crippen molar-refractivity contribution < 1.29 is 13.6 Å². The van der Waals surface area contributed by atoms with Gasteiger partial charge in [-0.15, -0.1) is 12.4 Å². The maximum Gasteiger partial charge on any atom is 0.277 e. The van der Waals surface area contributed by atoms with Crippen LogP contribution in [0, 0.1) is 0 Å². The van der Waals surface area contributed by atoms with Crippen molar-refractivity contribution in [1.82, 2.24) is 5.32 Å². The standard InChI is InChI=1S/C10H10Cl2F2N2O.ClH/c11-6-2-1-3-7(12)8(6)9(17)16-5-10(13,14)4-15;/h1-3H,4-5,15H2,(H,16,17);1H. The molecule has 3 N–H and O–H groups in total. The number of hydrogen-bond acceptors (Lipinski definition) is 2. The molecule has 0 aliphatic rings. The number of halogens is 5. The molecule has 0 saturated heterocycles. The fourth-order valence-electron chi connectivity index (χ4n) is 1.08. The first-order valence-corrected chi connectivity index (χ1v) is 5.43. The molecular formula is C10H11Cl3F2N2O. The van der Waals surface area contributed by atoms with Gasteiger partial charge in [0.15, 0.2) is 0 Å². The van der Waals surface area contributed by atoms with E-state index in [0.29, 0.717) is 0 Å². The fraction of sp³-hybridized carbons (Fsp3) is 0.300. The maximum absolute atomic E-state index is 12.8. The van der Waals surface area contributed by atoms with E-state index in [1.807, 2.05) is 5.32 Å². The predicted molar refractivity (Wildman–Crippen MR) is 70.0 cm³/mol. The Bertz CT molecular complexity index is 409. The van der Waals surface area contributed by atoms with Gasteiger partial charge >= 0.3 is 0 Å². The van der Waals surface area contributed by atoms with Crippen LogP contribution in [0.1, 0.15) is 10.4 Å². The van der Waals surface area contributed by atoms with E-state index < -0.39 is 24.9 Å². The van der Waals surface area contributed by atoms with Crippen LogP contribution in [0.5, 0.6) is 0 Å². The van der Waals surface area contributed by atoms with Gasteiger partial charge in [0.25, 0.3) is 11.8 Å². The molecule has 18 heavy (non-hydrogen) atoms. The van der Waals surface area contributed by atoms with Crippen LogP contribution in [-0.4, -0.2) is 24.9 Å². The van der Waals surface area contributed by atoms with Gasteiger partial charge < -0.3 is 11.1 Å². The van der Waals surface area contributed by atoms with Crippen LogP contribution >= 0.6 is 35.6 Å². The first-order valence-electron chi connectivity index (χ1n) is 4.67. The Labute approximate surface area is 119 Å². The number of carbonyl (C=O) groups is 1. The summed E-state index contributed by atoms with van der Waals surface area (Å²) in [6, 6.07) is 4.45. The van der Waals surface area contributed by atoms with Gasteiger partial charge in [-0.05, 0) is 12.1 Å². The molecule has 0 aliphatic heterocycles. The molecule has 0 bridgehead atoms. The van der Waals surface area contributed by atoms with Crippen LogP contribution in [0.4, 0.5) is 8.78 Å². The molecule has 0 unspecified atom stereocenters. The maximum atomic E-state index is 12.8. The quantitative estimate of drug-likeness (QED) is 0.896. The topological polar surface area (TPSA) is 55.1 Å². The Balaban J connectivity index is 0.00000289. The second kappa shape index (κ2) is 7.09. The molecule has 0 aliphatic carbocycles. The summed E-state index contributed by atoms with van der Waals surface area (Å²) in [4.78, 5) is 11.6. The highest BCUT2D eigenvalue weighted by Gasteiger charge is 2.28. The lowest BCUT2D eigenvalue weighted by atomic mass is 10.2. The summed E-state index contributed by atoms with van der Waals surface area (Å²) in [5, 5.41) is 2.24. The molecule has 0 radical (unpaired) electrons. The van der Waals surface area contributed by atoms with Crippen molar-refractivity contribution in [2.24, 2.45) is 5.73 Å². The average Bonchev–Trinajstić information content (AvgIpc) is 2.26. The Morgan fingerprint density at radius 3 is 2.28 bits per heavy atom. The van der Waals surface area contributed by atoms with Gasteiger partial charge in [0.1, 0.15) is 0 Å². The molecule has 0 heterocycles. The average molecular weight is 320 g/mol.